The highest BCUT2D eigenvalue weighted by Gasteiger charge is 2.23. The Morgan fingerprint density at radius 1 is 0.680 bits per heavy atom. The molecule has 3 aromatic rings. The highest BCUT2D eigenvalue weighted by atomic mass is 15.2. The fraction of sp³-hybridized carbons (Fsp3) is 0.0909. The van der Waals surface area contributed by atoms with Crippen molar-refractivity contribution in [2.45, 2.75) is 0 Å². The Kier molecular flexibility index (Phi) is 3.90. The van der Waals surface area contributed by atoms with Gasteiger partial charge in [-0.25, -0.2) is 0 Å². The van der Waals surface area contributed by atoms with Gasteiger partial charge in [0.2, 0.25) is 0 Å². The van der Waals surface area contributed by atoms with Crippen LogP contribution in [0.5, 0.6) is 0 Å². The van der Waals surface area contributed by atoms with Gasteiger partial charge in [0.25, 0.3) is 0 Å². The normalized spacial score (nSPS) is 12.2. The van der Waals surface area contributed by atoms with Gasteiger partial charge in [0, 0.05) is 30.9 Å². The molecule has 122 valence electrons. The number of rotatable bonds is 3. The Balaban J connectivity index is 1.67. The molecule has 0 fully saturated rings. The lowest BCUT2D eigenvalue weighted by molar-refractivity contribution is 1.13. The lowest BCUT2D eigenvalue weighted by atomic mass is 10.1. The minimum absolute atomic E-state index is 0.937. The van der Waals surface area contributed by atoms with E-state index in [0.29, 0.717) is 0 Å². The van der Waals surface area contributed by atoms with Gasteiger partial charge in [0.1, 0.15) is 5.71 Å². The zero-order valence-corrected chi connectivity index (χ0v) is 14.3. The van der Waals surface area contributed by atoms with Crippen molar-refractivity contribution in [2.24, 2.45) is 10.2 Å². The van der Waals surface area contributed by atoms with E-state index in [2.05, 4.69) is 75.8 Å². The summed E-state index contributed by atoms with van der Waals surface area (Å²) in [6.07, 6.45) is 1.80. The maximum absolute atomic E-state index is 4.53. The van der Waals surface area contributed by atoms with Crippen LogP contribution in [0.2, 0.25) is 0 Å². The van der Waals surface area contributed by atoms with E-state index in [1.807, 2.05) is 26.2 Å². The first kappa shape index (κ1) is 15.3. The number of fused-ring (bicyclic) bond motifs is 3. The minimum Gasteiger partial charge on any atom is -0.378 e. The van der Waals surface area contributed by atoms with Crippen molar-refractivity contribution in [1.29, 1.82) is 0 Å². The summed E-state index contributed by atoms with van der Waals surface area (Å²) in [6, 6.07) is 25.0. The smallest absolute Gasteiger partial charge is 0.101 e. The van der Waals surface area contributed by atoms with Gasteiger partial charge in [-0.1, -0.05) is 60.7 Å². The summed E-state index contributed by atoms with van der Waals surface area (Å²) in [5, 5.41) is 8.88. The third-order valence-electron chi connectivity index (χ3n) is 4.43. The Bertz CT molecular complexity index is 919. The molecule has 4 rings (SSSR count). The van der Waals surface area contributed by atoms with E-state index in [1.54, 1.807) is 6.21 Å². The van der Waals surface area contributed by atoms with E-state index in [9.17, 15) is 0 Å². The predicted octanol–water partition coefficient (Wildman–Crippen LogP) is 4.60. The summed E-state index contributed by atoms with van der Waals surface area (Å²) >= 11 is 0. The molecule has 3 aromatic carbocycles. The summed E-state index contributed by atoms with van der Waals surface area (Å²) in [4.78, 5) is 2.08. The van der Waals surface area contributed by atoms with Crippen LogP contribution in [0.4, 0.5) is 5.69 Å². The molecule has 25 heavy (non-hydrogen) atoms. The van der Waals surface area contributed by atoms with Gasteiger partial charge in [-0.15, -0.1) is 5.10 Å². The molecule has 0 atom stereocenters. The van der Waals surface area contributed by atoms with Gasteiger partial charge >= 0.3 is 0 Å². The van der Waals surface area contributed by atoms with Gasteiger partial charge in [-0.05, 0) is 28.8 Å². The average Bonchev–Trinajstić information content (AvgIpc) is 2.97. The first-order valence-electron chi connectivity index (χ1n) is 8.31. The number of hydrogen-bond acceptors (Lipinski definition) is 3. The van der Waals surface area contributed by atoms with E-state index >= 15 is 0 Å². The maximum atomic E-state index is 4.53. The molecule has 0 saturated carbocycles. The fourth-order valence-corrected chi connectivity index (χ4v) is 3.11. The summed E-state index contributed by atoms with van der Waals surface area (Å²) in [6.45, 7) is 0. The van der Waals surface area contributed by atoms with Crippen molar-refractivity contribution < 1.29 is 0 Å². The van der Waals surface area contributed by atoms with Crippen molar-refractivity contribution in [1.82, 2.24) is 0 Å². The Morgan fingerprint density at radius 3 is 1.72 bits per heavy atom. The van der Waals surface area contributed by atoms with Crippen molar-refractivity contribution in [3.63, 3.8) is 0 Å². The summed E-state index contributed by atoms with van der Waals surface area (Å²) in [5.41, 5.74) is 7.88. The minimum atomic E-state index is 0.937. The van der Waals surface area contributed by atoms with Crippen molar-refractivity contribution in [3.05, 3.63) is 89.5 Å². The Morgan fingerprint density at radius 2 is 1.20 bits per heavy atom. The average molecular weight is 325 g/mol. The van der Waals surface area contributed by atoms with Crippen LogP contribution in [-0.2, 0) is 0 Å². The van der Waals surface area contributed by atoms with Crippen LogP contribution in [0.25, 0.3) is 11.1 Å². The van der Waals surface area contributed by atoms with E-state index in [-0.39, 0.29) is 0 Å². The molecule has 0 N–H and O–H groups in total. The molecule has 1 aliphatic carbocycles. The fourth-order valence-electron chi connectivity index (χ4n) is 3.11. The number of anilines is 1. The topological polar surface area (TPSA) is 28.0 Å². The van der Waals surface area contributed by atoms with Crippen LogP contribution in [0.15, 0.2) is 83.0 Å². The molecule has 0 radical (unpaired) electrons. The predicted molar refractivity (Wildman–Crippen MR) is 106 cm³/mol. The number of benzene rings is 3. The van der Waals surface area contributed by atoms with Crippen LogP contribution in [0.3, 0.4) is 0 Å². The van der Waals surface area contributed by atoms with E-state index in [0.717, 1.165) is 22.4 Å². The monoisotopic (exact) mass is 325 g/mol. The summed E-state index contributed by atoms with van der Waals surface area (Å²) in [7, 11) is 4.06. The molecule has 0 amide bonds. The molecule has 0 aromatic heterocycles. The standard InChI is InChI=1S/C22H19N3/c1-25(2)17-13-11-16(12-14-17)15-23-24-22-20-9-5-3-7-18(20)19-8-4-6-10-21(19)22/h3-15H,1-2H3. The maximum Gasteiger partial charge on any atom is 0.101 e. The molecule has 0 unspecified atom stereocenters. The molecule has 0 aliphatic heterocycles. The molecular weight excluding hydrogens is 306 g/mol. The van der Waals surface area contributed by atoms with Gasteiger partial charge in [0.15, 0.2) is 0 Å². The zero-order valence-electron chi connectivity index (χ0n) is 14.3. The number of hydrogen-bond donors (Lipinski definition) is 0. The zero-order chi connectivity index (χ0) is 17.2. The highest BCUT2D eigenvalue weighted by molar-refractivity contribution is 6.24. The summed E-state index contributed by atoms with van der Waals surface area (Å²) < 4.78 is 0. The van der Waals surface area contributed by atoms with E-state index in [4.69, 9.17) is 0 Å². The van der Waals surface area contributed by atoms with Crippen molar-refractivity contribution in [3.8, 4) is 11.1 Å². The van der Waals surface area contributed by atoms with E-state index in [1.165, 1.54) is 16.8 Å². The van der Waals surface area contributed by atoms with Crippen molar-refractivity contribution >= 4 is 17.6 Å². The second kappa shape index (κ2) is 6.36. The molecule has 0 heterocycles. The first-order chi connectivity index (χ1) is 12.2. The lowest BCUT2D eigenvalue weighted by Gasteiger charge is -2.11. The second-order valence-electron chi connectivity index (χ2n) is 6.27. The first-order valence-corrected chi connectivity index (χ1v) is 8.31. The largest absolute Gasteiger partial charge is 0.378 e. The molecule has 0 bridgehead atoms. The Labute approximate surface area is 148 Å². The van der Waals surface area contributed by atoms with Gasteiger partial charge in [-0.2, -0.15) is 5.10 Å². The number of nitrogens with zero attached hydrogens (tertiary/aromatic N) is 3. The van der Waals surface area contributed by atoms with Crippen LogP contribution in [-0.4, -0.2) is 26.0 Å². The highest BCUT2D eigenvalue weighted by Crippen LogP contribution is 2.36. The second-order valence-corrected chi connectivity index (χ2v) is 6.27. The van der Waals surface area contributed by atoms with E-state index < -0.39 is 0 Å². The van der Waals surface area contributed by atoms with Crippen LogP contribution in [0, 0.1) is 0 Å². The third-order valence-corrected chi connectivity index (χ3v) is 4.43. The molecule has 0 spiro atoms. The molecule has 3 nitrogen and oxygen atoms in total. The molecule has 3 heteroatoms. The van der Waals surface area contributed by atoms with Gasteiger partial charge in [-0.3, -0.25) is 0 Å². The lowest BCUT2D eigenvalue weighted by Crippen LogP contribution is -2.08. The van der Waals surface area contributed by atoms with Crippen molar-refractivity contribution in [2.75, 3.05) is 19.0 Å². The SMILES string of the molecule is CN(C)c1ccc(C=NN=C2c3ccccc3-c3ccccc32)cc1. The third kappa shape index (κ3) is 2.85. The van der Waals surface area contributed by atoms with Gasteiger partial charge < -0.3 is 4.90 Å². The molecule has 0 saturated heterocycles. The Hall–Kier alpha value is -3.20. The van der Waals surface area contributed by atoms with Crippen LogP contribution < -0.4 is 4.90 Å². The summed E-state index contributed by atoms with van der Waals surface area (Å²) in [5.74, 6) is 0. The van der Waals surface area contributed by atoms with Gasteiger partial charge in [0.05, 0.1) is 6.21 Å². The molecule has 1 aliphatic rings. The quantitative estimate of drug-likeness (QED) is 0.399. The van der Waals surface area contributed by atoms with Crippen LogP contribution >= 0.6 is 0 Å². The molecular formula is C22H19N3. The van der Waals surface area contributed by atoms with Crippen LogP contribution in [0.1, 0.15) is 16.7 Å².